The van der Waals surface area contributed by atoms with E-state index in [1.54, 1.807) is 31.4 Å². The molecule has 26 heavy (non-hydrogen) atoms. The smallest absolute Gasteiger partial charge is 0.257 e. The SMILES string of the molecule is CCCn1c(C)cc(-c2csc(NC(=O)c3ccc(OC)cc3)n2)c1C. The predicted molar refractivity (Wildman–Crippen MR) is 106 cm³/mol. The first-order valence-corrected chi connectivity index (χ1v) is 9.49. The zero-order valence-electron chi connectivity index (χ0n) is 15.5. The Bertz CT molecular complexity index is 910. The van der Waals surface area contributed by atoms with Crippen LogP contribution in [0.2, 0.25) is 0 Å². The van der Waals surface area contributed by atoms with Crippen LogP contribution < -0.4 is 10.1 Å². The number of methoxy groups -OCH3 is 1. The normalized spacial score (nSPS) is 10.8. The van der Waals surface area contributed by atoms with Crippen LogP contribution in [0.25, 0.3) is 11.3 Å². The van der Waals surface area contributed by atoms with Gasteiger partial charge in [-0.15, -0.1) is 11.3 Å². The maximum absolute atomic E-state index is 12.4. The number of hydrogen-bond acceptors (Lipinski definition) is 4. The van der Waals surface area contributed by atoms with Gasteiger partial charge in [-0.25, -0.2) is 4.98 Å². The Hall–Kier alpha value is -2.60. The van der Waals surface area contributed by atoms with E-state index in [-0.39, 0.29) is 5.91 Å². The molecule has 0 aliphatic carbocycles. The van der Waals surface area contributed by atoms with E-state index in [9.17, 15) is 4.79 Å². The quantitative estimate of drug-likeness (QED) is 0.672. The van der Waals surface area contributed by atoms with Gasteiger partial charge in [0.15, 0.2) is 5.13 Å². The Morgan fingerprint density at radius 1 is 1.27 bits per heavy atom. The number of carbonyl (C=O) groups excluding carboxylic acids is 1. The number of carbonyl (C=O) groups is 1. The van der Waals surface area contributed by atoms with Gasteiger partial charge in [0.05, 0.1) is 12.8 Å². The number of nitrogens with zero attached hydrogens (tertiary/aromatic N) is 2. The van der Waals surface area contributed by atoms with Crippen LogP contribution in [0.3, 0.4) is 0 Å². The van der Waals surface area contributed by atoms with E-state index in [2.05, 4.69) is 41.7 Å². The number of rotatable bonds is 6. The summed E-state index contributed by atoms with van der Waals surface area (Å²) in [7, 11) is 1.60. The van der Waals surface area contributed by atoms with Crippen molar-refractivity contribution >= 4 is 22.4 Å². The van der Waals surface area contributed by atoms with Crippen LogP contribution in [0.1, 0.15) is 35.1 Å². The highest BCUT2D eigenvalue weighted by Gasteiger charge is 2.15. The summed E-state index contributed by atoms with van der Waals surface area (Å²) >= 11 is 1.44. The lowest BCUT2D eigenvalue weighted by atomic mass is 10.2. The second-order valence-corrected chi connectivity index (χ2v) is 7.02. The molecule has 2 aromatic heterocycles. The molecule has 1 N–H and O–H groups in total. The molecular weight excluding hydrogens is 346 g/mol. The Balaban J connectivity index is 1.77. The minimum Gasteiger partial charge on any atom is -0.497 e. The molecule has 0 radical (unpaired) electrons. The van der Waals surface area contributed by atoms with Gasteiger partial charge in [-0.3, -0.25) is 10.1 Å². The third-order valence-corrected chi connectivity index (χ3v) is 5.13. The van der Waals surface area contributed by atoms with Crippen LogP contribution in [-0.4, -0.2) is 22.6 Å². The van der Waals surface area contributed by atoms with Crippen molar-refractivity contribution in [3.05, 3.63) is 52.7 Å². The van der Waals surface area contributed by atoms with Crippen molar-refractivity contribution in [1.29, 1.82) is 0 Å². The van der Waals surface area contributed by atoms with Crippen molar-refractivity contribution in [1.82, 2.24) is 9.55 Å². The molecule has 1 amide bonds. The summed E-state index contributed by atoms with van der Waals surface area (Å²) in [6.45, 7) is 7.41. The Morgan fingerprint density at radius 2 is 2.00 bits per heavy atom. The molecule has 2 heterocycles. The van der Waals surface area contributed by atoms with Crippen molar-refractivity contribution in [2.45, 2.75) is 33.7 Å². The fraction of sp³-hybridized carbons (Fsp3) is 0.300. The molecule has 0 saturated carbocycles. The molecule has 0 unspecified atom stereocenters. The Kier molecular flexibility index (Phi) is 5.42. The monoisotopic (exact) mass is 369 g/mol. The topological polar surface area (TPSA) is 56.2 Å². The van der Waals surface area contributed by atoms with E-state index in [1.165, 1.54) is 22.7 Å². The van der Waals surface area contributed by atoms with Crippen LogP contribution in [0.5, 0.6) is 5.75 Å². The largest absolute Gasteiger partial charge is 0.497 e. The van der Waals surface area contributed by atoms with E-state index in [0.29, 0.717) is 10.7 Å². The number of ether oxygens (including phenoxy) is 1. The molecule has 0 aliphatic heterocycles. The van der Waals surface area contributed by atoms with Crippen molar-refractivity contribution in [2.24, 2.45) is 0 Å². The summed E-state index contributed by atoms with van der Waals surface area (Å²) < 4.78 is 7.43. The van der Waals surface area contributed by atoms with Gasteiger partial charge >= 0.3 is 0 Å². The second-order valence-electron chi connectivity index (χ2n) is 6.16. The number of nitrogens with one attached hydrogen (secondary N) is 1. The third-order valence-electron chi connectivity index (χ3n) is 4.37. The van der Waals surface area contributed by atoms with Crippen LogP contribution in [0.15, 0.2) is 35.7 Å². The fourth-order valence-electron chi connectivity index (χ4n) is 2.99. The molecule has 3 aromatic rings. The predicted octanol–water partition coefficient (Wildman–Crippen LogP) is 4.90. The molecule has 0 saturated heterocycles. The molecule has 0 fully saturated rings. The zero-order valence-corrected chi connectivity index (χ0v) is 16.3. The van der Waals surface area contributed by atoms with Crippen molar-refractivity contribution in [3.63, 3.8) is 0 Å². The first kappa shape index (κ1) is 18.2. The molecular formula is C20H23N3O2S. The van der Waals surface area contributed by atoms with Crippen LogP contribution in [0, 0.1) is 13.8 Å². The van der Waals surface area contributed by atoms with Crippen LogP contribution in [0.4, 0.5) is 5.13 Å². The molecule has 136 valence electrons. The molecule has 0 bridgehead atoms. The Labute approximate surface area is 157 Å². The highest BCUT2D eigenvalue weighted by atomic mass is 32.1. The molecule has 1 aromatic carbocycles. The summed E-state index contributed by atoms with van der Waals surface area (Å²) in [5, 5.41) is 5.46. The first-order chi connectivity index (χ1) is 12.5. The summed E-state index contributed by atoms with van der Waals surface area (Å²) in [4.78, 5) is 17.0. The highest BCUT2D eigenvalue weighted by molar-refractivity contribution is 7.14. The number of benzene rings is 1. The lowest BCUT2D eigenvalue weighted by Crippen LogP contribution is -2.11. The molecule has 0 spiro atoms. The number of hydrogen-bond donors (Lipinski definition) is 1. The molecule has 3 rings (SSSR count). The minimum absolute atomic E-state index is 0.176. The van der Waals surface area contributed by atoms with Crippen LogP contribution in [-0.2, 0) is 6.54 Å². The lowest BCUT2D eigenvalue weighted by Gasteiger charge is -2.07. The molecule has 0 aliphatic rings. The molecule has 6 heteroatoms. The lowest BCUT2D eigenvalue weighted by molar-refractivity contribution is 0.102. The summed E-state index contributed by atoms with van der Waals surface area (Å²) in [5.74, 6) is 0.547. The minimum atomic E-state index is -0.176. The summed E-state index contributed by atoms with van der Waals surface area (Å²) in [6, 6.07) is 9.17. The van der Waals surface area contributed by atoms with Gasteiger partial charge in [-0.2, -0.15) is 0 Å². The Morgan fingerprint density at radius 3 is 2.65 bits per heavy atom. The van der Waals surface area contributed by atoms with Gasteiger partial charge < -0.3 is 9.30 Å². The zero-order chi connectivity index (χ0) is 18.7. The number of aromatic nitrogens is 2. The van der Waals surface area contributed by atoms with Crippen molar-refractivity contribution in [3.8, 4) is 17.0 Å². The summed E-state index contributed by atoms with van der Waals surface area (Å²) in [6.07, 6.45) is 1.09. The number of anilines is 1. The number of aryl methyl sites for hydroxylation is 1. The van der Waals surface area contributed by atoms with Gasteiger partial charge in [-0.05, 0) is 50.6 Å². The van der Waals surface area contributed by atoms with Crippen molar-refractivity contribution < 1.29 is 9.53 Å². The maximum Gasteiger partial charge on any atom is 0.257 e. The van der Waals surface area contributed by atoms with Crippen molar-refractivity contribution in [2.75, 3.05) is 12.4 Å². The van der Waals surface area contributed by atoms with Gasteiger partial charge in [0.2, 0.25) is 0 Å². The standard InChI is InChI=1S/C20H23N3O2S/c1-5-10-23-13(2)11-17(14(23)3)18-12-26-20(21-18)22-19(24)15-6-8-16(25-4)9-7-15/h6-9,11-12H,5,10H2,1-4H3,(H,21,22,24). The third kappa shape index (κ3) is 3.65. The van der Waals surface area contributed by atoms with E-state index in [4.69, 9.17) is 4.74 Å². The average molecular weight is 369 g/mol. The van der Waals surface area contributed by atoms with Gasteiger partial charge in [0.1, 0.15) is 5.75 Å². The summed E-state index contributed by atoms with van der Waals surface area (Å²) in [5.41, 5.74) is 5.04. The maximum atomic E-state index is 12.4. The second kappa shape index (κ2) is 7.74. The molecule has 5 nitrogen and oxygen atoms in total. The van der Waals surface area contributed by atoms with Gasteiger partial charge in [-0.1, -0.05) is 6.92 Å². The van der Waals surface area contributed by atoms with E-state index in [1.807, 2.05) is 5.38 Å². The average Bonchev–Trinajstić information content (AvgIpc) is 3.21. The van der Waals surface area contributed by atoms with Gasteiger partial charge in [0, 0.05) is 34.4 Å². The van der Waals surface area contributed by atoms with E-state index in [0.717, 1.165) is 30.0 Å². The highest BCUT2D eigenvalue weighted by Crippen LogP contribution is 2.30. The van der Waals surface area contributed by atoms with E-state index < -0.39 is 0 Å². The van der Waals surface area contributed by atoms with Gasteiger partial charge in [0.25, 0.3) is 5.91 Å². The number of thiazole rings is 1. The number of amides is 1. The van der Waals surface area contributed by atoms with E-state index >= 15 is 0 Å². The first-order valence-electron chi connectivity index (χ1n) is 8.61. The van der Waals surface area contributed by atoms with Crippen LogP contribution >= 0.6 is 11.3 Å². The fourth-order valence-corrected chi connectivity index (χ4v) is 3.70. The molecule has 0 atom stereocenters.